The smallest absolute Gasteiger partial charge is 0.323 e. The molecule has 0 aromatic carbocycles. The van der Waals surface area contributed by atoms with E-state index in [4.69, 9.17) is 24.7 Å². The van der Waals surface area contributed by atoms with Crippen molar-refractivity contribution >= 4 is 36.4 Å². The molecule has 38 heavy (non-hydrogen) atoms. The van der Waals surface area contributed by atoms with E-state index in [9.17, 15) is 18.5 Å². The van der Waals surface area contributed by atoms with Gasteiger partial charge < -0.3 is 24.7 Å². The first-order valence-electron chi connectivity index (χ1n) is 12.2. The Morgan fingerprint density at radius 2 is 1.71 bits per heavy atom. The van der Waals surface area contributed by atoms with Crippen LogP contribution < -0.4 is 15.9 Å². The highest BCUT2D eigenvalue weighted by Crippen LogP contribution is 2.41. The molecule has 3 rings (SSSR count). The zero-order chi connectivity index (χ0) is 27.9. The number of nitrogen functional groups attached to an aromatic ring is 1. The topological polar surface area (TPSA) is 182 Å². The fraction of sp³-hybridized carbons (Fsp3) is 0.591. The number of hydrogen-bond acceptors (Lipinski definition) is 11. The van der Waals surface area contributed by atoms with Crippen LogP contribution in [0.25, 0.3) is 11.2 Å². The van der Waals surface area contributed by atoms with E-state index in [2.05, 4.69) is 25.1 Å². The molecule has 4 N–H and O–H groups in total. The monoisotopic (exact) mass is 557 g/mol. The standard InChI is InChI=1S/C22H33FN7O7P/c1-5-14(21(31)34-7-3)28-38(33,29-15(6-2)22(32)35-8-4)12-36-16-9-13(23)20(37-16)30-11-27-17-18(24)25-10-26-19(17)30/h9-11,14-16,20H,5-8,12H2,1-4H3,(H2,24,25,26)(H2,28,29,33)/t14-,15?,16-,20+,38?/m0/s1. The largest absolute Gasteiger partial charge is 0.465 e. The van der Waals surface area contributed by atoms with Crippen LogP contribution in [0.1, 0.15) is 46.8 Å². The first-order valence-corrected chi connectivity index (χ1v) is 14.1. The lowest BCUT2D eigenvalue weighted by Crippen LogP contribution is -2.44. The lowest BCUT2D eigenvalue weighted by atomic mass is 10.2. The molecule has 210 valence electrons. The van der Waals surface area contributed by atoms with Gasteiger partial charge in [0.25, 0.3) is 0 Å². The van der Waals surface area contributed by atoms with Gasteiger partial charge >= 0.3 is 11.9 Å². The first-order chi connectivity index (χ1) is 18.2. The highest BCUT2D eigenvalue weighted by Gasteiger charge is 2.37. The van der Waals surface area contributed by atoms with Crippen LogP contribution in [0.4, 0.5) is 10.2 Å². The summed E-state index contributed by atoms with van der Waals surface area (Å²) in [4.78, 5) is 36.8. The van der Waals surface area contributed by atoms with E-state index < -0.39 is 56.2 Å². The van der Waals surface area contributed by atoms with E-state index in [0.717, 1.165) is 6.08 Å². The maximum absolute atomic E-state index is 14.9. The zero-order valence-corrected chi connectivity index (χ0v) is 22.5. The van der Waals surface area contributed by atoms with Crippen LogP contribution in [-0.2, 0) is 33.1 Å². The molecule has 0 bridgehead atoms. The minimum Gasteiger partial charge on any atom is -0.465 e. The summed E-state index contributed by atoms with van der Waals surface area (Å²) in [5.41, 5.74) is 6.33. The molecule has 0 radical (unpaired) electrons. The molecule has 5 atom stereocenters. The number of rotatable bonds is 14. The average Bonchev–Trinajstić information content (AvgIpc) is 3.48. The van der Waals surface area contributed by atoms with Crippen molar-refractivity contribution < 1.29 is 37.5 Å². The Labute approximate surface area is 218 Å². The third-order valence-corrected chi connectivity index (χ3v) is 7.51. The van der Waals surface area contributed by atoms with E-state index in [1.165, 1.54) is 17.2 Å². The molecule has 0 amide bonds. The second kappa shape index (κ2) is 13.2. The molecule has 16 heteroatoms. The summed E-state index contributed by atoms with van der Waals surface area (Å²) in [5.74, 6) is -1.80. The van der Waals surface area contributed by atoms with Crippen LogP contribution in [0.5, 0.6) is 0 Å². The fourth-order valence-corrected chi connectivity index (χ4v) is 5.84. The number of carbonyl (C=O) groups excluding carboxylic acids is 2. The Balaban J connectivity index is 1.77. The van der Waals surface area contributed by atoms with Gasteiger partial charge in [-0.3, -0.25) is 18.7 Å². The van der Waals surface area contributed by atoms with Crippen LogP contribution in [-0.4, -0.2) is 69.4 Å². The van der Waals surface area contributed by atoms with E-state index >= 15 is 0 Å². The molecular formula is C22H33FN7O7P. The summed E-state index contributed by atoms with van der Waals surface area (Å²) >= 11 is 0. The Bertz CT molecular complexity index is 1180. The molecule has 0 aliphatic carbocycles. The number of anilines is 1. The van der Waals surface area contributed by atoms with Crippen molar-refractivity contribution in [3.05, 3.63) is 24.6 Å². The van der Waals surface area contributed by atoms with E-state index in [-0.39, 0.29) is 43.0 Å². The maximum Gasteiger partial charge on any atom is 0.323 e. The van der Waals surface area contributed by atoms with Gasteiger partial charge in [-0.05, 0) is 26.7 Å². The molecule has 0 spiro atoms. The quantitative estimate of drug-likeness (QED) is 0.227. The van der Waals surface area contributed by atoms with Crippen LogP contribution >= 0.6 is 7.44 Å². The van der Waals surface area contributed by atoms with Crippen molar-refractivity contribution in [2.45, 2.75) is 65.1 Å². The van der Waals surface area contributed by atoms with Crippen molar-refractivity contribution in [1.29, 1.82) is 0 Å². The van der Waals surface area contributed by atoms with Crippen molar-refractivity contribution in [3.8, 4) is 0 Å². The number of fused-ring (bicyclic) bond motifs is 1. The molecule has 2 unspecified atom stereocenters. The van der Waals surface area contributed by atoms with Gasteiger partial charge in [0.1, 0.15) is 30.3 Å². The number of hydrogen-bond donors (Lipinski definition) is 3. The van der Waals surface area contributed by atoms with Gasteiger partial charge in [0.05, 0.1) is 19.5 Å². The summed E-state index contributed by atoms with van der Waals surface area (Å²) < 4.78 is 51.6. The minimum atomic E-state index is -3.83. The van der Waals surface area contributed by atoms with Crippen LogP contribution in [0.3, 0.4) is 0 Å². The van der Waals surface area contributed by atoms with Crippen molar-refractivity contribution in [3.63, 3.8) is 0 Å². The summed E-state index contributed by atoms with van der Waals surface area (Å²) in [6.45, 7) is 6.98. The summed E-state index contributed by atoms with van der Waals surface area (Å²) in [6, 6.07) is -1.91. The molecule has 14 nitrogen and oxygen atoms in total. The van der Waals surface area contributed by atoms with Gasteiger partial charge in [-0.15, -0.1) is 0 Å². The second-order valence-electron chi connectivity index (χ2n) is 8.21. The Morgan fingerprint density at radius 3 is 2.26 bits per heavy atom. The van der Waals surface area contributed by atoms with Gasteiger partial charge in [0, 0.05) is 6.08 Å². The summed E-state index contributed by atoms with van der Waals surface area (Å²) in [7, 11) is -3.83. The molecule has 0 saturated carbocycles. The minimum absolute atomic E-state index is 0.126. The first kappa shape index (κ1) is 29.6. The van der Waals surface area contributed by atoms with Crippen LogP contribution in [0.15, 0.2) is 24.6 Å². The highest BCUT2D eigenvalue weighted by atomic mass is 31.2. The van der Waals surface area contributed by atoms with Crippen molar-refractivity contribution in [1.82, 2.24) is 29.7 Å². The molecule has 3 heterocycles. The van der Waals surface area contributed by atoms with E-state index in [1.54, 1.807) is 27.7 Å². The number of esters is 2. The van der Waals surface area contributed by atoms with E-state index in [0.29, 0.717) is 0 Å². The molecule has 0 saturated heterocycles. The van der Waals surface area contributed by atoms with Crippen molar-refractivity contribution in [2.24, 2.45) is 0 Å². The number of halogens is 1. The normalized spacial score (nSPS) is 20.5. The summed E-state index contributed by atoms with van der Waals surface area (Å²) in [6.07, 6.45) is 1.02. The lowest BCUT2D eigenvalue weighted by Gasteiger charge is -2.28. The number of imidazole rings is 1. The Kier molecular flexibility index (Phi) is 10.3. The number of nitrogens with two attached hydrogens (primary N) is 1. The van der Waals surface area contributed by atoms with Crippen molar-refractivity contribution in [2.75, 3.05) is 25.3 Å². The van der Waals surface area contributed by atoms with Gasteiger partial charge in [-0.2, -0.15) is 0 Å². The second-order valence-corrected chi connectivity index (χ2v) is 10.5. The predicted molar refractivity (Wildman–Crippen MR) is 134 cm³/mol. The number of carbonyl (C=O) groups is 2. The van der Waals surface area contributed by atoms with Crippen LogP contribution in [0.2, 0.25) is 0 Å². The Hall–Kier alpha value is -2.97. The third-order valence-electron chi connectivity index (χ3n) is 5.54. The van der Waals surface area contributed by atoms with E-state index in [1.807, 2.05) is 0 Å². The lowest BCUT2D eigenvalue weighted by molar-refractivity contribution is -0.145. The van der Waals surface area contributed by atoms with Gasteiger partial charge in [0.2, 0.25) is 7.44 Å². The predicted octanol–water partition coefficient (Wildman–Crippen LogP) is 2.15. The maximum atomic E-state index is 14.9. The Morgan fingerprint density at radius 1 is 1.11 bits per heavy atom. The number of nitrogens with zero attached hydrogens (tertiary/aromatic N) is 4. The number of nitrogens with one attached hydrogen (secondary N) is 2. The van der Waals surface area contributed by atoms with Gasteiger partial charge in [0.15, 0.2) is 29.8 Å². The molecule has 2 aromatic rings. The fourth-order valence-electron chi connectivity index (χ4n) is 3.67. The summed E-state index contributed by atoms with van der Waals surface area (Å²) in [5, 5.41) is 5.50. The third kappa shape index (κ3) is 6.91. The average molecular weight is 558 g/mol. The number of ether oxygens (including phenoxy) is 4. The molecule has 2 aromatic heterocycles. The van der Waals surface area contributed by atoms with Crippen LogP contribution in [0, 0.1) is 0 Å². The molecular weight excluding hydrogens is 524 g/mol. The molecule has 1 aliphatic heterocycles. The highest BCUT2D eigenvalue weighted by molar-refractivity contribution is 7.59. The molecule has 1 aliphatic rings. The zero-order valence-electron chi connectivity index (χ0n) is 21.6. The van der Waals surface area contributed by atoms with Gasteiger partial charge in [-0.25, -0.2) is 29.5 Å². The van der Waals surface area contributed by atoms with Gasteiger partial charge in [-0.1, -0.05) is 13.8 Å². The SMILES string of the molecule is CCOC(=O)C(CC)NP(=O)(CO[C@@H]1C=C(F)[C@H](n2cnc3c(N)ncnc32)O1)N[C@@H](CC)C(=O)OCC. The number of aromatic nitrogens is 4. The molecule has 0 fully saturated rings.